The normalized spacial score (nSPS) is 11.8. The molecule has 0 bridgehead atoms. The van der Waals surface area contributed by atoms with Crippen molar-refractivity contribution in [3.63, 3.8) is 0 Å². The Bertz CT molecular complexity index is 383. The molecule has 1 aromatic carbocycles. The van der Waals surface area contributed by atoms with Crippen molar-refractivity contribution >= 4 is 19.8 Å². The average molecular weight is 268 g/mol. The Morgan fingerprint density at radius 3 is 2.12 bits per heavy atom. The topological polar surface area (TPSA) is 20.2 Å². The van der Waals surface area contributed by atoms with Gasteiger partial charge in [0.05, 0.1) is 8.07 Å². The number of benzene rings is 1. The number of aromatic hydroxyl groups is 1. The van der Waals surface area contributed by atoms with Gasteiger partial charge >= 0.3 is 0 Å². The molecule has 0 aliphatic rings. The summed E-state index contributed by atoms with van der Waals surface area (Å²) in [6.45, 7) is 11.4. The maximum atomic E-state index is 9.87. The van der Waals surface area contributed by atoms with Gasteiger partial charge in [-0.15, -0.1) is 11.8 Å². The van der Waals surface area contributed by atoms with Crippen molar-refractivity contribution in [3.05, 3.63) is 23.3 Å². The number of hydrogen-bond acceptors (Lipinski definition) is 2. The van der Waals surface area contributed by atoms with Crippen LogP contribution in [0.3, 0.4) is 0 Å². The molecule has 0 spiro atoms. The van der Waals surface area contributed by atoms with Gasteiger partial charge in [-0.3, -0.25) is 0 Å². The average Bonchev–Trinajstić information content (AvgIpc) is 2.25. The third-order valence-electron chi connectivity index (χ3n) is 2.68. The molecule has 0 aliphatic heterocycles. The van der Waals surface area contributed by atoms with E-state index in [1.807, 2.05) is 17.8 Å². The van der Waals surface area contributed by atoms with Crippen molar-refractivity contribution in [1.29, 1.82) is 0 Å². The lowest BCUT2D eigenvalue weighted by Gasteiger charge is -2.17. The van der Waals surface area contributed by atoms with Crippen molar-refractivity contribution in [2.75, 3.05) is 5.38 Å². The minimum atomic E-state index is -1.02. The molecule has 0 atom stereocenters. The summed E-state index contributed by atoms with van der Waals surface area (Å²) in [4.78, 5) is 1.37. The Hall–Kier alpha value is -0.413. The largest absolute Gasteiger partial charge is 0.508 e. The predicted octanol–water partition coefficient (Wildman–Crippen LogP) is 4.49. The zero-order chi connectivity index (χ0) is 13.1. The van der Waals surface area contributed by atoms with Gasteiger partial charge in [0, 0.05) is 4.90 Å². The smallest absolute Gasteiger partial charge is 0.119 e. The molecule has 0 radical (unpaired) electrons. The first-order chi connectivity index (χ1) is 7.87. The van der Waals surface area contributed by atoms with E-state index >= 15 is 0 Å². The lowest BCUT2D eigenvalue weighted by atomic mass is 10.1. The SMILES string of the molecule is CCc1cc(SC[Si](C)(C)C)c(CC)cc1O. The van der Waals surface area contributed by atoms with E-state index in [0.29, 0.717) is 5.75 Å². The van der Waals surface area contributed by atoms with Gasteiger partial charge in [0.2, 0.25) is 0 Å². The van der Waals surface area contributed by atoms with Crippen LogP contribution in [0, 0.1) is 0 Å². The number of aryl methyl sites for hydroxylation is 2. The Balaban J connectivity index is 2.96. The molecule has 1 nitrogen and oxygen atoms in total. The Labute approximate surface area is 111 Å². The predicted molar refractivity (Wildman–Crippen MR) is 80.9 cm³/mol. The Morgan fingerprint density at radius 1 is 1.06 bits per heavy atom. The van der Waals surface area contributed by atoms with Gasteiger partial charge in [0.1, 0.15) is 5.75 Å². The molecule has 0 fully saturated rings. The van der Waals surface area contributed by atoms with E-state index < -0.39 is 8.07 Å². The molecule has 0 heterocycles. The second-order valence-corrected chi connectivity index (χ2v) is 12.6. The van der Waals surface area contributed by atoms with E-state index in [0.717, 1.165) is 18.4 Å². The van der Waals surface area contributed by atoms with Gasteiger partial charge in [-0.1, -0.05) is 33.5 Å². The van der Waals surface area contributed by atoms with E-state index in [9.17, 15) is 5.11 Å². The van der Waals surface area contributed by atoms with Crippen LogP contribution in [0.5, 0.6) is 5.75 Å². The number of phenolic OH excluding ortho intramolecular Hbond substituents is 1. The third-order valence-corrected chi connectivity index (χ3v) is 7.42. The Kier molecular flexibility index (Phi) is 5.14. The summed E-state index contributed by atoms with van der Waals surface area (Å²) in [5, 5.41) is 11.1. The first kappa shape index (κ1) is 14.6. The van der Waals surface area contributed by atoms with Crippen LogP contribution in [0.25, 0.3) is 0 Å². The molecule has 96 valence electrons. The van der Waals surface area contributed by atoms with Crippen LogP contribution in [0.4, 0.5) is 0 Å². The van der Waals surface area contributed by atoms with Crippen molar-refractivity contribution in [2.24, 2.45) is 0 Å². The molecule has 0 saturated carbocycles. The maximum Gasteiger partial charge on any atom is 0.119 e. The van der Waals surface area contributed by atoms with Crippen LogP contribution in [-0.4, -0.2) is 18.6 Å². The fraction of sp³-hybridized carbons (Fsp3) is 0.571. The molecular weight excluding hydrogens is 244 g/mol. The highest BCUT2D eigenvalue weighted by atomic mass is 32.2. The highest BCUT2D eigenvalue weighted by Gasteiger charge is 2.15. The van der Waals surface area contributed by atoms with E-state index in [4.69, 9.17) is 0 Å². The maximum absolute atomic E-state index is 9.87. The van der Waals surface area contributed by atoms with Crippen LogP contribution < -0.4 is 0 Å². The fourth-order valence-electron chi connectivity index (χ4n) is 1.64. The summed E-state index contributed by atoms with van der Waals surface area (Å²) in [5.41, 5.74) is 2.35. The lowest BCUT2D eigenvalue weighted by Crippen LogP contribution is -2.23. The molecule has 1 rings (SSSR count). The summed E-state index contributed by atoms with van der Waals surface area (Å²) in [6.07, 6.45) is 1.89. The molecular formula is C14H24OSSi. The fourth-order valence-corrected chi connectivity index (χ4v) is 4.61. The van der Waals surface area contributed by atoms with Crippen molar-refractivity contribution in [3.8, 4) is 5.75 Å². The summed E-state index contributed by atoms with van der Waals surface area (Å²) in [5.74, 6) is 0.460. The van der Waals surface area contributed by atoms with Crippen molar-refractivity contribution < 1.29 is 5.11 Å². The highest BCUT2D eigenvalue weighted by Crippen LogP contribution is 2.31. The summed E-state index contributed by atoms with van der Waals surface area (Å²) < 4.78 is 0. The monoisotopic (exact) mass is 268 g/mol. The zero-order valence-electron chi connectivity index (χ0n) is 11.6. The minimum absolute atomic E-state index is 0.460. The lowest BCUT2D eigenvalue weighted by molar-refractivity contribution is 0.467. The molecule has 0 amide bonds. The van der Waals surface area contributed by atoms with Gasteiger partial charge in [0.25, 0.3) is 0 Å². The molecule has 1 aromatic rings. The first-order valence-corrected chi connectivity index (χ1v) is 11.0. The zero-order valence-corrected chi connectivity index (χ0v) is 13.4. The second-order valence-electron chi connectivity index (χ2n) is 5.65. The molecule has 3 heteroatoms. The van der Waals surface area contributed by atoms with E-state index in [1.54, 1.807) is 0 Å². The number of rotatable bonds is 5. The number of phenols is 1. The van der Waals surface area contributed by atoms with Gasteiger partial charge in [-0.2, -0.15) is 0 Å². The molecule has 0 saturated heterocycles. The highest BCUT2D eigenvalue weighted by molar-refractivity contribution is 8.01. The van der Waals surface area contributed by atoms with E-state index in [1.165, 1.54) is 15.8 Å². The minimum Gasteiger partial charge on any atom is -0.508 e. The molecule has 17 heavy (non-hydrogen) atoms. The van der Waals surface area contributed by atoms with Gasteiger partial charge in [-0.05, 0) is 41.5 Å². The first-order valence-electron chi connectivity index (χ1n) is 6.35. The second kappa shape index (κ2) is 5.96. The van der Waals surface area contributed by atoms with Gasteiger partial charge in [-0.25, -0.2) is 0 Å². The van der Waals surface area contributed by atoms with Crippen molar-refractivity contribution in [2.45, 2.75) is 51.2 Å². The standard InChI is InChI=1S/C14H24OSSi/c1-6-11-9-14(16-10-17(3,4)5)12(7-2)8-13(11)15/h8-9,15H,6-7,10H2,1-5H3. The Morgan fingerprint density at radius 2 is 1.65 bits per heavy atom. The summed E-state index contributed by atoms with van der Waals surface area (Å²) in [7, 11) is -1.02. The third kappa shape index (κ3) is 4.40. The summed E-state index contributed by atoms with van der Waals surface area (Å²) in [6, 6.07) is 4.13. The molecule has 0 aromatic heterocycles. The van der Waals surface area contributed by atoms with Gasteiger partial charge < -0.3 is 5.11 Å². The summed E-state index contributed by atoms with van der Waals surface area (Å²) >= 11 is 1.97. The van der Waals surface area contributed by atoms with Crippen LogP contribution in [0.1, 0.15) is 25.0 Å². The quantitative estimate of drug-likeness (QED) is 0.627. The van der Waals surface area contributed by atoms with Crippen LogP contribution >= 0.6 is 11.8 Å². The van der Waals surface area contributed by atoms with Crippen LogP contribution in [0.2, 0.25) is 19.6 Å². The van der Waals surface area contributed by atoms with E-state index in [2.05, 4.69) is 39.6 Å². The van der Waals surface area contributed by atoms with Crippen LogP contribution in [0.15, 0.2) is 17.0 Å². The van der Waals surface area contributed by atoms with E-state index in [-0.39, 0.29) is 0 Å². The number of thioether (sulfide) groups is 1. The van der Waals surface area contributed by atoms with Crippen LogP contribution in [-0.2, 0) is 12.8 Å². The number of hydrogen-bond donors (Lipinski definition) is 1. The van der Waals surface area contributed by atoms with Crippen molar-refractivity contribution in [1.82, 2.24) is 0 Å². The molecule has 0 aliphatic carbocycles. The molecule has 0 unspecified atom stereocenters. The molecule has 1 N–H and O–H groups in total. The van der Waals surface area contributed by atoms with Gasteiger partial charge in [0.15, 0.2) is 0 Å².